The van der Waals surface area contributed by atoms with E-state index in [9.17, 15) is 0 Å². The smallest absolute Gasteiger partial charge is 0.0495 e. The molecule has 3 N–H and O–H groups in total. The Morgan fingerprint density at radius 3 is 2.33 bits per heavy atom. The van der Waals surface area contributed by atoms with Gasteiger partial charge in [0.1, 0.15) is 0 Å². The highest BCUT2D eigenvalue weighted by molar-refractivity contribution is 6.30. The van der Waals surface area contributed by atoms with E-state index in [1.54, 1.807) is 0 Å². The molecule has 0 amide bonds. The summed E-state index contributed by atoms with van der Waals surface area (Å²) in [5.41, 5.74) is 7.09. The first-order valence-corrected chi connectivity index (χ1v) is 7.17. The summed E-state index contributed by atoms with van der Waals surface area (Å²) < 4.78 is 0. The van der Waals surface area contributed by atoms with Crippen LogP contribution < -0.4 is 11.1 Å². The number of nitrogens with two attached hydrogens (primary N) is 1. The van der Waals surface area contributed by atoms with Crippen molar-refractivity contribution in [3.63, 3.8) is 0 Å². The molecule has 3 heteroatoms. The predicted octanol–water partition coefficient (Wildman–Crippen LogP) is 4.30. The Morgan fingerprint density at radius 2 is 1.89 bits per heavy atom. The number of rotatable bonds is 7. The van der Waals surface area contributed by atoms with Gasteiger partial charge in [-0.25, -0.2) is 0 Å². The highest BCUT2D eigenvalue weighted by atomic mass is 35.5. The summed E-state index contributed by atoms with van der Waals surface area (Å²) in [7, 11) is 0. The van der Waals surface area contributed by atoms with Gasteiger partial charge in [-0.2, -0.15) is 0 Å². The first-order chi connectivity index (χ1) is 8.55. The summed E-state index contributed by atoms with van der Waals surface area (Å²) in [5.74, 6) is 0.674. The summed E-state index contributed by atoms with van der Waals surface area (Å²) >= 11 is 5.90. The van der Waals surface area contributed by atoms with E-state index in [1.165, 1.54) is 6.42 Å². The van der Waals surface area contributed by atoms with Crippen molar-refractivity contribution in [3.05, 3.63) is 29.3 Å². The minimum atomic E-state index is -0.0107. The van der Waals surface area contributed by atoms with Crippen molar-refractivity contribution < 1.29 is 0 Å². The molecule has 0 radical (unpaired) electrons. The van der Waals surface area contributed by atoms with E-state index in [4.69, 9.17) is 17.3 Å². The van der Waals surface area contributed by atoms with Crippen LogP contribution in [0.5, 0.6) is 0 Å². The summed E-state index contributed by atoms with van der Waals surface area (Å²) in [6.45, 7) is 7.35. The van der Waals surface area contributed by atoms with Gasteiger partial charge in [0.25, 0.3) is 0 Å². The number of halogens is 1. The monoisotopic (exact) mass is 268 g/mol. The van der Waals surface area contributed by atoms with Gasteiger partial charge in [0.05, 0.1) is 0 Å². The van der Waals surface area contributed by atoms with Crippen LogP contribution in [0.1, 0.15) is 40.0 Å². The lowest BCUT2D eigenvalue weighted by atomic mass is 9.84. The van der Waals surface area contributed by atoms with E-state index < -0.39 is 0 Å². The normalized spacial score (nSPS) is 16.1. The van der Waals surface area contributed by atoms with Crippen molar-refractivity contribution >= 4 is 17.3 Å². The maximum Gasteiger partial charge on any atom is 0.0495 e. The summed E-state index contributed by atoms with van der Waals surface area (Å²) in [6.07, 6.45) is 3.31. The molecule has 18 heavy (non-hydrogen) atoms. The lowest BCUT2D eigenvalue weighted by Crippen LogP contribution is -2.46. The molecule has 2 nitrogen and oxygen atoms in total. The minimum absolute atomic E-state index is 0.0107. The van der Waals surface area contributed by atoms with Gasteiger partial charge in [-0.1, -0.05) is 38.8 Å². The van der Waals surface area contributed by atoms with Gasteiger partial charge in [-0.05, 0) is 43.0 Å². The number of benzene rings is 1. The largest absolute Gasteiger partial charge is 0.378 e. The molecule has 1 aromatic rings. The second kappa shape index (κ2) is 7.01. The summed E-state index contributed by atoms with van der Waals surface area (Å²) in [4.78, 5) is 0. The molecule has 0 bridgehead atoms. The van der Waals surface area contributed by atoms with E-state index in [2.05, 4.69) is 26.1 Å². The maximum atomic E-state index is 6.01. The Hall–Kier alpha value is -0.730. The fraction of sp³-hybridized carbons (Fsp3) is 0.600. The van der Waals surface area contributed by atoms with Crippen LogP contribution in [0.4, 0.5) is 5.69 Å². The maximum absolute atomic E-state index is 6.01. The topological polar surface area (TPSA) is 38.0 Å². The fourth-order valence-electron chi connectivity index (χ4n) is 2.21. The first-order valence-electron chi connectivity index (χ1n) is 6.79. The summed E-state index contributed by atoms with van der Waals surface area (Å²) in [6, 6.07) is 7.84. The van der Waals surface area contributed by atoms with E-state index in [0.717, 1.165) is 23.6 Å². The number of anilines is 1. The zero-order valence-electron chi connectivity index (χ0n) is 11.7. The van der Waals surface area contributed by atoms with Gasteiger partial charge >= 0.3 is 0 Å². The zero-order chi connectivity index (χ0) is 13.6. The zero-order valence-corrected chi connectivity index (χ0v) is 12.4. The summed E-state index contributed by atoms with van der Waals surface area (Å²) in [5, 5.41) is 4.36. The van der Waals surface area contributed by atoms with Crippen molar-refractivity contribution in [2.75, 3.05) is 11.9 Å². The van der Waals surface area contributed by atoms with Crippen LogP contribution in [0.3, 0.4) is 0 Å². The van der Waals surface area contributed by atoms with Gasteiger partial charge in [-0.15, -0.1) is 0 Å². The van der Waals surface area contributed by atoms with Gasteiger partial charge < -0.3 is 11.1 Å². The fourth-order valence-corrected chi connectivity index (χ4v) is 2.34. The molecule has 102 valence electrons. The molecule has 0 fully saturated rings. The van der Waals surface area contributed by atoms with Gasteiger partial charge in [0.2, 0.25) is 0 Å². The molecule has 2 atom stereocenters. The number of hydrogen-bond donors (Lipinski definition) is 2. The van der Waals surface area contributed by atoms with Crippen LogP contribution >= 0.6 is 11.6 Å². The standard InChI is InChI=1S/C15H25ClN2/c1-4-12(3)10-15(5-2,11-17)18-14-8-6-13(16)7-9-14/h6-9,12,18H,4-5,10-11,17H2,1-3H3. The van der Waals surface area contributed by atoms with Gasteiger partial charge in [0, 0.05) is 22.8 Å². The van der Waals surface area contributed by atoms with Crippen molar-refractivity contribution in [1.82, 2.24) is 0 Å². The first kappa shape index (κ1) is 15.3. The number of nitrogens with one attached hydrogen (secondary N) is 1. The van der Waals surface area contributed by atoms with Gasteiger partial charge in [0.15, 0.2) is 0 Å². The highest BCUT2D eigenvalue weighted by Crippen LogP contribution is 2.27. The molecule has 0 aromatic heterocycles. The van der Waals surface area contributed by atoms with Crippen LogP contribution in [0.25, 0.3) is 0 Å². The third kappa shape index (κ3) is 4.18. The van der Waals surface area contributed by atoms with Crippen LogP contribution in [0.15, 0.2) is 24.3 Å². The molecule has 0 heterocycles. The number of hydrogen-bond acceptors (Lipinski definition) is 2. The quantitative estimate of drug-likeness (QED) is 0.774. The second-order valence-electron chi connectivity index (χ2n) is 5.19. The van der Waals surface area contributed by atoms with E-state index in [-0.39, 0.29) is 5.54 Å². The Kier molecular flexibility index (Phi) is 5.97. The minimum Gasteiger partial charge on any atom is -0.378 e. The molecule has 0 spiro atoms. The molecule has 0 aliphatic carbocycles. The highest BCUT2D eigenvalue weighted by Gasteiger charge is 2.27. The molecule has 0 aliphatic heterocycles. The van der Waals surface area contributed by atoms with E-state index in [1.807, 2.05) is 24.3 Å². The molecule has 0 saturated carbocycles. The molecule has 1 aromatic carbocycles. The molecule has 2 unspecified atom stereocenters. The van der Waals surface area contributed by atoms with Gasteiger partial charge in [-0.3, -0.25) is 0 Å². The predicted molar refractivity (Wildman–Crippen MR) is 81.2 cm³/mol. The van der Waals surface area contributed by atoms with E-state index in [0.29, 0.717) is 12.5 Å². The van der Waals surface area contributed by atoms with Crippen LogP contribution in [-0.4, -0.2) is 12.1 Å². The van der Waals surface area contributed by atoms with Crippen molar-refractivity contribution in [3.8, 4) is 0 Å². The lowest BCUT2D eigenvalue weighted by molar-refractivity contribution is 0.346. The van der Waals surface area contributed by atoms with Crippen molar-refractivity contribution in [1.29, 1.82) is 0 Å². The Balaban J connectivity index is 2.81. The van der Waals surface area contributed by atoms with Crippen molar-refractivity contribution in [2.24, 2.45) is 11.7 Å². The third-order valence-corrected chi connectivity index (χ3v) is 4.01. The molecular formula is C15H25ClN2. The SMILES string of the molecule is CCC(C)CC(CC)(CN)Nc1ccc(Cl)cc1. The van der Waals surface area contributed by atoms with Crippen LogP contribution in [0, 0.1) is 5.92 Å². The lowest BCUT2D eigenvalue weighted by Gasteiger charge is -2.36. The average molecular weight is 269 g/mol. The molecular weight excluding hydrogens is 244 g/mol. The Labute approximate surface area is 116 Å². The Bertz CT molecular complexity index is 344. The molecule has 0 saturated heterocycles. The molecule has 0 aliphatic rings. The Morgan fingerprint density at radius 1 is 1.28 bits per heavy atom. The van der Waals surface area contributed by atoms with Crippen LogP contribution in [-0.2, 0) is 0 Å². The second-order valence-corrected chi connectivity index (χ2v) is 5.62. The van der Waals surface area contributed by atoms with E-state index >= 15 is 0 Å². The molecule has 1 rings (SSSR count). The average Bonchev–Trinajstić information content (AvgIpc) is 2.40. The third-order valence-electron chi connectivity index (χ3n) is 3.76. The van der Waals surface area contributed by atoms with Crippen LogP contribution in [0.2, 0.25) is 5.02 Å². The van der Waals surface area contributed by atoms with Crippen molar-refractivity contribution in [2.45, 2.75) is 45.6 Å².